The van der Waals surface area contributed by atoms with Crippen LogP contribution in [0.2, 0.25) is 0 Å². The van der Waals surface area contributed by atoms with Crippen molar-refractivity contribution >= 4 is 11.6 Å². The minimum atomic E-state index is -4.62. The van der Waals surface area contributed by atoms with E-state index in [1.807, 2.05) is 0 Å². The van der Waals surface area contributed by atoms with E-state index >= 15 is 0 Å². The number of anilines is 1. The summed E-state index contributed by atoms with van der Waals surface area (Å²) in [6.45, 7) is 2.54. The number of aliphatic hydroxyl groups is 1. The smallest absolute Gasteiger partial charge is 0.381 e. The maximum Gasteiger partial charge on any atom is 0.416 e. The zero-order chi connectivity index (χ0) is 22.7. The number of ether oxygens (including phenoxy) is 2. The Balaban J connectivity index is 1.62. The Morgan fingerprint density at radius 1 is 1.09 bits per heavy atom. The van der Waals surface area contributed by atoms with Crippen molar-refractivity contribution in [3.05, 3.63) is 64.7 Å². The van der Waals surface area contributed by atoms with Crippen LogP contribution in [-0.4, -0.2) is 30.8 Å². The lowest BCUT2D eigenvalue weighted by Crippen LogP contribution is -2.47. The molecule has 1 atom stereocenters. The number of fused-ring (bicyclic) bond motifs is 2. The van der Waals surface area contributed by atoms with Crippen LogP contribution in [0, 0.1) is 5.92 Å². The Kier molecular flexibility index (Phi) is 4.89. The molecule has 32 heavy (non-hydrogen) atoms. The maximum atomic E-state index is 13.6. The highest BCUT2D eigenvalue weighted by molar-refractivity contribution is 6.06. The molecule has 170 valence electrons. The van der Waals surface area contributed by atoms with E-state index in [-0.39, 0.29) is 17.0 Å². The zero-order valence-corrected chi connectivity index (χ0v) is 17.6. The van der Waals surface area contributed by atoms with E-state index in [1.54, 1.807) is 23.1 Å². The molecule has 0 bridgehead atoms. The van der Waals surface area contributed by atoms with E-state index in [1.165, 1.54) is 25.1 Å². The molecule has 5 rings (SSSR count). The molecule has 1 amide bonds. The minimum Gasteiger partial charge on any atom is -0.381 e. The lowest BCUT2D eigenvalue weighted by Gasteiger charge is -2.33. The van der Waals surface area contributed by atoms with Gasteiger partial charge in [0, 0.05) is 12.1 Å². The van der Waals surface area contributed by atoms with Crippen LogP contribution in [0.4, 0.5) is 18.9 Å². The molecule has 3 aliphatic rings. The normalized spacial score (nSPS) is 22.2. The number of hydrogen-bond donors (Lipinski definition) is 1. The molecule has 8 heteroatoms. The van der Waals surface area contributed by atoms with Crippen molar-refractivity contribution < 1.29 is 32.5 Å². The Hall–Kier alpha value is -2.42. The standard InChI is InChI=1S/C24H24F3NO4/c1-22(30,17-5-2-3-6-18(17)24(25,26)27)16-9-10-20-19(13-16)23(31-11-4-12-32-23)21(29)28(20)14-15-7-8-15/h2-3,5-6,9-10,13,15,30H,4,7-8,11-12,14H2,1H3. The van der Waals surface area contributed by atoms with Gasteiger partial charge in [-0.25, -0.2) is 0 Å². The summed E-state index contributed by atoms with van der Waals surface area (Å²) < 4.78 is 52.6. The van der Waals surface area contributed by atoms with E-state index in [4.69, 9.17) is 9.47 Å². The van der Waals surface area contributed by atoms with Crippen molar-refractivity contribution in [2.75, 3.05) is 24.7 Å². The molecule has 1 aliphatic carbocycles. The molecule has 0 aromatic heterocycles. The third kappa shape index (κ3) is 3.32. The van der Waals surface area contributed by atoms with E-state index in [2.05, 4.69) is 0 Å². The van der Waals surface area contributed by atoms with Gasteiger partial charge in [0.05, 0.1) is 24.5 Å². The summed E-state index contributed by atoms with van der Waals surface area (Å²) in [7, 11) is 0. The summed E-state index contributed by atoms with van der Waals surface area (Å²) in [6.07, 6.45) is -1.88. The average Bonchev–Trinajstić information content (AvgIpc) is 3.57. The molecule has 0 radical (unpaired) electrons. The highest BCUT2D eigenvalue weighted by Crippen LogP contribution is 2.49. The highest BCUT2D eigenvalue weighted by atomic mass is 19.4. The largest absolute Gasteiger partial charge is 0.416 e. The van der Waals surface area contributed by atoms with Gasteiger partial charge in [0.15, 0.2) is 0 Å². The predicted octanol–water partition coefficient (Wildman–Crippen LogP) is 4.31. The first-order chi connectivity index (χ1) is 15.1. The molecule has 2 aromatic rings. The molecular weight excluding hydrogens is 423 g/mol. The molecule has 1 saturated carbocycles. The summed E-state index contributed by atoms with van der Waals surface area (Å²) in [5.74, 6) is -1.50. The molecule has 2 aromatic carbocycles. The summed E-state index contributed by atoms with van der Waals surface area (Å²) in [4.78, 5) is 15.0. The van der Waals surface area contributed by atoms with Gasteiger partial charge < -0.3 is 19.5 Å². The van der Waals surface area contributed by atoms with Gasteiger partial charge >= 0.3 is 6.18 Å². The van der Waals surface area contributed by atoms with Crippen molar-refractivity contribution in [1.82, 2.24) is 0 Å². The molecular formula is C24H24F3NO4. The van der Waals surface area contributed by atoms with Gasteiger partial charge in [-0.15, -0.1) is 0 Å². The van der Waals surface area contributed by atoms with Crippen molar-refractivity contribution in [2.45, 2.75) is 43.8 Å². The fraction of sp³-hybridized carbons (Fsp3) is 0.458. The van der Waals surface area contributed by atoms with Crippen LogP contribution in [0.15, 0.2) is 42.5 Å². The quantitative estimate of drug-likeness (QED) is 0.759. The first-order valence-electron chi connectivity index (χ1n) is 10.8. The first kappa shape index (κ1) is 21.4. The van der Waals surface area contributed by atoms with Gasteiger partial charge in [0.25, 0.3) is 11.7 Å². The monoisotopic (exact) mass is 447 g/mol. The molecule has 2 heterocycles. The minimum absolute atomic E-state index is 0.228. The third-order valence-corrected chi connectivity index (χ3v) is 6.52. The zero-order valence-electron chi connectivity index (χ0n) is 17.6. The molecule has 2 aliphatic heterocycles. The Bertz CT molecular complexity index is 1060. The van der Waals surface area contributed by atoms with Crippen LogP contribution < -0.4 is 4.90 Å². The summed E-state index contributed by atoms with van der Waals surface area (Å²) in [5.41, 5.74) is -1.84. The third-order valence-electron chi connectivity index (χ3n) is 6.52. The number of benzene rings is 2. The number of nitrogens with zero attached hydrogens (tertiary/aromatic N) is 1. The van der Waals surface area contributed by atoms with E-state index < -0.39 is 23.1 Å². The van der Waals surface area contributed by atoms with Crippen molar-refractivity contribution in [1.29, 1.82) is 0 Å². The summed E-state index contributed by atoms with van der Waals surface area (Å²) >= 11 is 0. The number of amides is 1. The number of carbonyl (C=O) groups excluding carboxylic acids is 1. The second-order valence-corrected chi connectivity index (χ2v) is 8.87. The van der Waals surface area contributed by atoms with Crippen molar-refractivity contribution in [3.8, 4) is 0 Å². The number of hydrogen-bond acceptors (Lipinski definition) is 4. The molecule has 1 N–H and O–H groups in total. The van der Waals surface area contributed by atoms with Gasteiger partial charge in [0.1, 0.15) is 5.60 Å². The van der Waals surface area contributed by atoms with Crippen LogP contribution >= 0.6 is 0 Å². The van der Waals surface area contributed by atoms with Gasteiger partial charge in [-0.05, 0) is 61.4 Å². The van der Waals surface area contributed by atoms with Crippen LogP contribution in [0.5, 0.6) is 0 Å². The van der Waals surface area contributed by atoms with Crippen LogP contribution in [0.1, 0.15) is 48.4 Å². The van der Waals surface area contributed by atoms with E-state index in [0.29, 0.717) is 43.3 Å². The second-order valence-electron chi connectivity index (χ2n) is 8.87. The SMILES string of the molecule is CC(O)(c1ccc2c(c1)C1(OCCCO1)C(=O)N2CC1CC1)c1ccccc1C(F)(F)F. The second kappa shape index (κ2) is 7.30. The van der Waals surface area contributed by atoms with Gasteiger partial charge in [-0.3, -0.25) is 4.79 Å². The Labute approximate surface area is 183 Å². The van der Waals surface area contributed by atoms with Gasteiger partial charge in [-0.2, -0.15) is 13.2 Å². The average molecular weight is 447 g/mol. The molecule has 5 nitrogen and oxygen atoms in total. The maximum absolute atomic E-state index is 13.6. The molecule has 1 spiro atoms. The fourth-order valence-electron chi connectivity index (χ4n) is 4.60. The first-order valence-corrected chi connectivity index (χ1v) is 10.8. The lowest BCUT2D eigenvalue weighted by molar-refractivity contribution is -0.256. The van der Waals surface area contributed by atoms with E-state index in [0.717, 1.165) is 18.9 Å². The summed E-state index contributed by atoms with van der Waals surface area (Å²) in [5, 5.41) is 11.3. The topological polar surface area (TPSA) is 59.0 Å². The number of halogens is 3. The lowest BCUT2D eigenvalue weighted by atomic mass is 9.83. The van der Waals surface area contributed by atoms with E-state index in [9.17, 15) is 23.1 Å². The molecule has 2 fully saturated rings. The molecule has 1 saturated heterocycles. The van der Waals surface area contributed by atoms with Crippen molar-refractivity contribution in [3.63, 3.8) is 0 Å². The Morgan fingerprint density at radius 3 is 2.38 bits per heavy atom. The Morgan fingerprint density at radius 2 is 1.75 bits per heavy atom. The van der Waals surface area contributed by atoms with Crippen LogP contribution in [0.3, 0.4) is 0 Å². The van der Waals surface area contributed by atoms with Crippen LogP contribution in [-0.2, 0) is 31.8 Å². The number of rotatable bonds is 4. The fourth-order valence-corrected chi connectivity index (χ4v) is 4.60. The van der Waals surface area contributed by atoms with Gasteiger partial charge in [-0.1, -0.05) is 24.3 Å². The van der Waals surface area contributed by atoms with Gasteiger partial charge in [0.2, 0.25) is 0 Å². The number of carbonyl (C=O) groups is 1. The number of alkyl halides is 3. The highest BCUT2D eigenvalue weighted by Gasteiger charge is 2.56. The van der Waals surface area contributed by atoms with Crippen LogP contribution in [0.25, 0.3) is 0 Å². The summed E-state index contributed by atoms with van der Waals surface area (Å²) in [6, 6.07) is 9.77. The predicted molar refractivity (Wildman–Crippen MR) is 110 cm³/mol. The van der Waals surface area contributed by atoms with Crippen molar-refractivity contribution in [2.24, 2.45) is 5.92 Å². The molecule has 1 unspecified atom stereocenters.